The lowest BCUT2D eigenvalue weighted by atomic mass is 10.1. The van der Waals surface area contributed by atoms with Crippen molar-refractivity contribution >= 4 is 68.2 Å². The van der Waals surface area contributed by atoms with E-state index in [4.69, 9.17) is 39.5 Å². The predicted molar refractivity (Wildman–Crippen MR) is 118 cm³/mol. The van der Waals surface area contributed by atoms with Crippen LogP contribution in [0.15, 0.2) is 35.1 Å². The van der Waals surface area contributed by atoms with Gasteiger partial charge in [-0.3, -0.25) is 9.59 Å². The normalized spacial score (nSPS) is 10.6. The Bertz CT molecular complexity index is 1150. The van der Waals surface area contributed by atoms with Crippen LogP contribution in [0.5, 0.6) is 5.75 Å². The number of carbonyl (C=O) groups excluding carboxylic acids is 2. The van der Waals surface area contributed by atoms with Gasteiger partial charge >= 0.3 is 0 Å². The molecule has 0 atom stereocenters. The van der Waals surface area contributed by atoms with Gasteiger partial charge < -0.3 is 15.4 Å². The first-order valence-corrected chi connectivity index (χ1v) is 10.2. The average Bonchev–Trinajstić information content (AvgIpc) is 3.10. The molecule has 2 amide bonds. The molecule has 0 aliphatic heterocycles. The quantitative estimate of drug-likeness (QED) is 0.499. The molecule has 1 aromatic carbocycles. The Kier molecular flexibility index (Phi) is 6.87. The van der Waals surface area contributed by atoms with Crippen LogP contribution in [0.3, 0.4) is 0 Å². The van der Waals surface area contributed by atoms with E-state index in [0.29, 0.717) is 9.63 Å². The number of aromatic nitrogens is 3. The number of nitrogens with zero attached hydrogens (tertiary/aromatic N) is 3. The van der Waals surface area contributed by atoms with Gasteiger partial charge in [-0.05, 0) is 34.1 Å². The number of methoxy groups -OCH3 is 1. The van der Waals surface area contributed by atoms with Crippen molar-refractivity contribution in [3.63, 3.8) is 0 Å². The maximum atomic E-state index is 13.1. The van der Waals surface area contributed by atoms with Crippen LogP contribution in [-0.4, -0.2) is 40.7 Å². The number of carbonyl (C=O) groups is 2. The lowest BCUT2D eigenvalue weighted by molar-refractivity contribution is 0.0961. The summed E-state index contributed by atoms with van der Waals surface area (Å²) in [5, 5.41) is 9.78. The second-order valence-electron chi connectivity index (χ2n) is 5.73. The molecule has 0 saturated carbocycles. The van der Waals surface area contributed by atoms with Gasteiger partial charge in [0, 0.05) is 19.3 Å². The van der Waals surface area contributed by atoms with Crippen LogP contribution in [0.4, 0.5) is 5.69 Å². The molecule has 2 heterocycles. The molecule has 2 aromatic heterocycles. The zero-order chi connectivity index (χ0) is 22.0. The molecule has 2 N–H and O–H groups in total. The molecular weight excluding hydrogens is 520 g/mol. The SMILES string of the molecule is CNC(=O)c1c(NC(=O)c2cc(Br)nn2-c2ncccc2Cl)c(Cl)cc(Cl)c1OC. The molecule has 3 rings (SSSR count). The highest BCUT2D eigenvalue weighted by atomic mass is 79.9. The molecule has 12 heteroatoms. The number of amides is 2. The molecule has 30 heavy (non-hydrogen) atoms. The third kappa shape index (κ3) is 4.24. The fourth-order valence-corrected chi connectivity index (χ4v) is 3.82. The largest absolute Gasteiger partial charge is 0.494 e. The van der Waals surface area contributed by atoms with E-state index in [-0.39, 0.29) is 38.6 Å². The summed E-state index contributed by atoms with van der Waals surface area (Å²) in [4.78, 5) is 29.7. The van der Waals surface area contributed by atoms with Gasteiger partial charge in [-0.15, -0.1) is 0 Å². The molecule has 8 nitrogen and oxygen atoms in total. The number of hydrogen-bond acceptors (Lipinski definition) is 5. The topological polar surface area (TPSA) is 98.1 Å². The van der Waals surface area contributed by atoms with Crippen LogP contribution in [0.2, 0.25) is 15.1 Å². The van der Waals surface area contributed by atoms with Gasteiger partial charge in [0.25, 0.3) is 11.8 Å². The smallest absolute Gasteiger partial charge is 0.274 e. The Morgan fingerprint density at radius 1 is 1.13 bits per heavy atom. The molecule has 0 fully saturated rings. The molecule has 156 valence electrons. The van der Waals surface area contributed by atoms with E-state index in [1.54, 1.807) is 12.1 Å². The second-order valence-corrected chi connectivity index (χ2v) is 7.76. The van der Waals surface area contributed by atoms with E-state index in [0.717, 1.165) is 0 Å². The number of benzene rings is 1. The van der Waals surface area contributed by atoms with Gasteiger partial charge in [-0.25, -0.2) is 9.67 Å². The fourth-order valence-electron chi connectivity index (χ4n) is 2.65. The van der Waals surface area contributed by atoms with Crippen molar-refractivity contribution in [3.8, 4) is 11.6 Å². The Labute approximate surface area is 194 Å². The number of nitrogens with one attached hydrogen (secondary N) is 2. The molecule has 0 bridgehead atoms. The molecule has 0 saturated heterocycles. The van der Waals surface area contributed by atoms with Crippen LogP contribution in [0.25, 0.3) is 5.82 Å². The highest BCUT2D eigenvalue weighted by Gasteiger charge is 2.26. The van der Waals surface area contributed by atoms with E-state index in [1.807, 2.05) is 0 Å². The number of pyridine rings is 1. The lowest BCUT2D eigenvalue weighted by Crippen LogP contribution is -2.24. The van der Waals surface area contributed by atoms with Crippen molar-refractivity contribution < 1.29 is 14.3 Å². The third-order valence-electron chi connectivity index (χ3n) is 3.93. The molecule has 0 aliphatic carbocycles. The molecule has 3 aromatic rings. The van der Waals surface area contributed by atoms with Crippen molar-refractivity contribution in [2.45, 2.75) is 0 Å². The maximum Gasteiger partial charge on any atom is 0.274 e. The number of ether oxygens (including phenoxy) is 1. The molecule has 0 unspecified atom stereocenters. The minimum Gasteiger partial charge on any atom is -0.494 e. The Hall–Kier alpha value is -2.33. The summed E-state index contributed by atoms with van der Waals surface area (Å²) in [6, 6.07) is 6.11. The number of rotatable bonds is 5. The molecular formula is C18H13BrCl3N5O3. The van der Waals surface area contributed by atoms with Crippen molar-refractivity contribution in [1.82, 2.24) is 20.1 Å². The maximum absolute atomic E-state index is 13.1. The average molecular weight is 534 g/mol. The first-order chi connectivity index (χ1) is 14.3. The van der Waals surface area contributed by atoms with E-state index in [1.165, 1.54) is 37.2 Å². The number of halogens is 4. The van der Waals surface area contributed by atoms with Gasteiger partial charge in [0.05, 0.1) is 27.9 Å². The Balaban J connectivity index is 2.11. The summed E-state index contributed by atoms with van der Waals surface area (Å²) in [5.74, 6) is -0.847. The van der Waals surface area contributed by atoms with Crippen LogP contribution in [0.1, 0.15) is 20.8 Å². The molecule has 0 radical (unpaired) electrons. The Morgan fingerprint density at radius 2 is 1.87 bits per heavy atom. The van der Waals surface area contributed by atoms with Crippen LogP contribution >= 0.6 is 50.7 Å². The van der Waals surface area contributed by atoms with Crippen molar-refractivity contribution in [1.29, 1.82) is 0 Å². The van der Waals surface area contributed by atoms with Gasteiger partial charge in [0.2, 0.25) is 0 Å². The van der Waals surface area contributed by atoms with Crippen LogP contribution < -0.4 is 15.4 Å². The minimum absolute atomic E-state index is 0.0214. The fraction of sp³-hybridized carbons (Fsp3) is 0.111. The summed E-state index contributed by atoms with van der Waals surface area (Å²) >= 11 is 21.9. The third-order valence-corrected chi connectivity index (χ3v) is 5.20. The van der Waals surface area contributed by atoms with Gasteiger partial charge in [0.1, 0.15) is 15.9 Å². The first-order valence-electron chi connectivity index (χ1n) is 8.24. The van der Waals surface area contributed by atoms with E-state index in [9.17, 15) is 9.59 Å². The van der Waals surface area contributed by atoms with E-state index in [2.05, 4.69) is 36.6 Å². The minimum atomic E-state index is -0.619. The standard InChI is InChI=1S/C18H13BrCl3N5O3/c1-23-18(29)13-14(9(21)6-10(22)15(13)30-2)25-17(28)11-7-12(19)26-27(11)16-8(20)4-3-5-24-16/h3-7H,1-2H3,(H,23,29)(H,25,28). The van der Waals surface area contributed by atoms with E-state index < -0.39 is 11.8 Å². The number of anilines is 1. The van der Waals surface area contributed by atoms with Crippen molar-refractivity contribution in [2.75, 3.05) is 19.5 Å². The van der Waals surface area contributed by atoms with E-state index >= 15 is 0 Å². The number of hydrogen-bond donors (Lipinski definition) is 2. The monoisotopic (exact) mass is 531 g/mol. The zero-order valence-corrected chi connectivity index (χ0v) is 19.3. The molecule has 0 spiro atoms. The van der Waals surface area contributed by atoms with Gasteiger partial charge in [-0.2, -0.15) is 5.10 Å². The van der Waals surface area contributed by atoms with Gasteiger partial charge in [-0.1, -0.05) is 34.8 Å². The highest BCUT2D eigenvalue weighted by molar-refractivity contribution is 9.10. The van der Waals surface area contributed by atoms with Gasteiger partial charge in [0.15, 0.2) is 11.6 Å². The highest BCUT2D eigenvalue weighted by Crippen LogP contribution is 2.40. The summed E-state index contributed by atoms with van der Waals surface area (Å²) < 4.78 is 6.88. The van der Waals surface area contributed by atoms with Crippen molar-refractivity contribution in [2.24, 2.45) is 0 Å². The second kappa shape index (κ2) is 9.22. The lowest BCUT2D eigenvalue weighted by Gasteiger charge is -2.17. The summed E-state index contributed by atoms with van der Waals surface area (Å²) in [6.45, 7) is 0. The zero-order valence-electron chi connectivity index (χ0n) is 15.5. The summed E-state index contributed by atoms with van der Waals surface area (Å²) in [7, 11) is 2.78. The molecule has 0 aliphatic rings. The summed E-state index contributed by atoms with van der Waals surface area (Å²) in [5.41, 5.74) is 0.0976. The van der Waals surface area contributed by atoms with Crippen molar-refractivity contribution in [3.05, 3.63) is 61.4 Å². The van der Waals surface area contributed by atoms with Crippen LogP contribution in [0, 0.1) is 0 Å². The first kappa shape index (κ1) is 22.4. The Morgan fingerprint density at radius 3 is 2.50 bits per heavy atom. The summed E-state index contributed by atoms with van der Waals surface area (Å²) in [6.07, 6.45) is 1.52. The van der Waals surface area contributed by atoms with Crippen LogP contribution in [-0.2, 0) is 0 Å². The predicted octanol–water partition coefficient (Wildman–Crippen LogP) is 4.61.